The van der Waals surface area contributed by atoms with E-state index in [0.717, 1.165) is 16.7 Å². The number of carbonyl (C=O) groups is 2. The summed E-state index contributed by atoms with van der Waals surface area (Å²) in [5.41, 5.74) is 1.59. The third kappa shape index (κ3) is 4.55. The average molecular weight is 456 g/mol. The van der Waals surface area contributed by atoms with Crippen LogP contribution in [0.3, 0.4) is 0 Å². The van der Waals surface area contributed by atoms with Crippen LogP contribution >= 0.6 is 22.9 Å². The van der Waals surface area contributed by atoms with Crippen molar-refractivity contribution >= 4 is 56.5 Å². The number of hydrogen-bond donors (Lipinski definition) is 0. The first-order valence-electron chi connectivity index (χ1n) is 9.15. The molecule has 4 aromatic rings. The van der Waals surface area contributed by atoms with Crippen molar-refractivity contribution < 1.29 is 18.7 Å². The zero-order valence-corrected chi connectivity index (χ0v) is 17.8. The third-order valence-corrected chi connectivity index (χ3v) is 5.47. The van der Waals surface area contributed by atoms with Crippen LogP contribution in [0.1, 0.15) is 23.0 Å². The van der Waals surface area contributed by atoms with E-state index in [9.17, 15) is 14.0 Å². The number of rotatable bonds is 5. The first-order valence-corrected chi connectivity index (χ1v) is 10.4. The molecule has 6 nitrogen and oxygen atoms in total. The molecule has 0 N–H and O–H groups in total. The second-order valence-electron chi connectivity index (χ2n) is 6.54. The molecule has 2 heterocycles. The molecule has 0 bridgehead atoms. The average Bonchev–Trinajstić information content (AvgIpc) is 3.21. The van der Waals surface area contributed by atoms with Crippen molar-refractivity contribution in [1.82, 2.24) is 9.97 Å². The van der Waals surface area contributed by atoms with Gasteiger partial charge in [0.05, 0.1) is 22.5 Å². The monoisotopic (exact) mass is 455 g/mol. The number of hydrogen-bond acceptors (Lipinski definition) is 6. The molecule has 9 heteroatoms. The standard InChI is InChI=1S/C22H15ClFN3O3S/c1-13(28)27(19-5-3-2-4-17(19)24)22-25-16(12-31-22)11-30-21(29)15-6-8-18-14(10-15)7-9-20(23)26-18/h2-10,12H,11H2,1H3. The summed E-state index contributed by atoms with van der Waals surface area (Å²) in [5.74, 6) is -1.44. The molecule has 0 saturated carbocycles. The Balaban J connectivity index is 1.49. The van der Waals surface area contributed by atoms with Crippen LogP contribution in [0.2, 0.25) is 5.15 Å². The van der Waals surface area contributed by atoms with Gasteiger partial charge >= 0.3 is 5.97 Å². The number of amides is 1. The summed E-state index contributed by atoms with van der Waals surface area (Å²) in [6.07, 6.45) is 0. The van der Waals surface area contributed by atoms with Crippen LogP contribution in [0.25, 0.3) is 10.9 Å². The quantitative estimate of drug-likeness (QED) is 0.292. The predicted octanol–water partition coefficient (Wildman–Crippen LogP) is 5.53. The summed E-state index contributed by atoms with van der Waals surface area (Å²) < 4.78 is 19.5. The van der Waals surface area contributed by atoms with Gasteiger partial charge in [-0.2, -0.15) is 0 Å². The van der Waals surface area contributed by atoms with E-state index in [1.807, 2.05) is 0 Å². The minimum atomic E-state index is -0.534. The van der Waals surface area contributed by atoms with Crippen molar-refractivity contribution in [3.8, 4) is 0 Å². The van der Waals surface area contributed by atoms with Gasteiger partial charge in [0.25, 0.3) is 0 Å². The van der Waals surface area contributed by atoms with Gasteiger partial charge < -0.3 is 4.74 Å². The van der Waals surface area contributed by atoms with Crippen LogP contribution in [-0.4, -0.2) is 21.8 Å². The first kappa shape index (κ1) is 20.9. The predicted molar refractivity (Wildman–Crippen MR) is 117 cm³/mol. The number of aromatic nitrogens is 2. The number of thiazole rings is 1. The molecule has 31 heavy (non-hydrogen) atoms. The number of esters is 1. The lowest BCUT2D eigenvalue weighted by Crippen LogP contribution is -2.23. The smallest absolute Gasteiger partial charge is 0.338 e. The van der Waals surface area contributed by atoms with Crippen LogP contribution in [0, 0.1) is 5.82 Å². The second-order valence-corrected chi connectivity index (χ2v) is 7.77. The molecule has 0 unspecified atom stereocenters. The van der Waals surface area contributed by atoms with Gasteiger partial charge in [0, 0.05) is 17.7 Å². The Labute approximate surface area is 185 Å². The van der Waals surface area contributed by atoms with Gasteiger partial charge in [0.15, 0.2) is 5.13 Å². The third-order valence-electron chi connectivity index (χ3n) is 4.38. The molecule has 0 aliphatic rings. The van der Waals surface area contributed by atoms with Crippen molar-refractivity contribution in [1.29, 1.82) is 0 Å². The van der Waals surface area contributed by atoms with E-state index in [-0.39, 0.29) is 23.3 Å². The highest BCUT2D eigenvalue weighted by Gasteiger charge is 2.21. The van der Waals surface area contributed by atoms with Crippen molar-refractivity contribution in [2.24, 2.45) is 0 Å². The Morgan fingerprint density at radius 2 is 1.94 bits per heavy atom. The van der Waals surface area contributed by atoms with Gasteiger partial charge in [-0.1, -0.05) is 23.7 Å². The number of fused-ring (bicyclic) bond motifs is 1. The van der Waals surface area contributed by atoms with Crippen LogP contribution in [-0.2, 0) is 16.1 Å². The van der Waals surface area contributed by atoms with E-state index >= 15 is 0 Å². The summed E-state index contributed by atoms with van der Waals surface area (Å²) in [6, 6.07) is 14.3. The molecule has 156 valence electrons. The molecule has 2 aromatic heterocycles. The van der Waals surface area contributed by atoms with Crippen LogP contribution in [0.4, 0.5) is 15.2 Å². The summed E-state index contributed by atoms with van der Waals surface area (Å²) in [5, 5.41) is 3.08. The lowest BCUT2D eigenvalue weighted by Gasteiger charge is -2.18. The van der Waals surface area contributed by atoms with E-state index in [1.165, 1.54) is 24.0 Å². The van der Waals surface area contributed by atoms with Crippen LogP contribution in [0.5, 0.6) is 0 Å². The molecule has 0 aliphatic heterocycles. The van der Waals surface area contributed by atoms with Gasteiger partial charge in [-0.15, -0.1) is 11.3 Å². The molecule has 0 saturated heterocycles. The van der Waals surface area contributed by atoms with Gasteiger partial charge in [-0.3, -0.25) is 9.69 Å². The van der Waals surface area contributed by atoms with E-state index in [4.69, 9.17) is 16.3 Å². The zero-order valence-electron chi connectivity index (χ0n) is 16.2. The molecular formula is C22H15ClFN3O3S. The largest absolute Gasteiger partial charge is 0.456 e. The number of para-hydroxylation sites is 1. The van der Waals surface area contributed by atoms with Gasteiger partial charge in [-0.25, -0.2) is 19.2 Å². The summed E-state index contributed by atoms with van der Waals surface area (Å²) in [6.45, 7) is 1.24. The Hall–Kier alpha value is -3.36. The van der Waals surface area contributed by atoms with Crippen LogP contribution in [0.15, 0.2) is 60.0 Å². The summed E-state index contributed by atoms with van der Waals surface area (Å²) in [4.78, 5) is 34.2. The highest BCUT2D eigenvalue weighted by atomic mass is 35.5. The molecule has 0 fully saturated rings. The fourth-order valence-electron chi connectivity index (χ4n) is 2.96. The van der Waals surface area contributed by atoms with Crippen molar-refractivity contribution in [2.45, 2.75) is 13.5 Å². The number of ether oxygens (including phenoxy) is 1. The highest BCUT2D eigenvalue weighted by Crippen LogP contribution is 2.31. The molecule has 0 atom stereocenters. The topological polar surface area (TPSA) is 72.4 Å². The fraction of sp³-hybridized carbons (Fsp3) is 0.0909. The van der Waals surface area contributed by atoms with Gasteiger partial charge in [0.1, 0.15) is 17.6 Å². The van der Waals surface area contributed by atoms with Crippen molar-refractivity contribution in [3.05, 3.63) is 82.2 Å². The Morgan fingerprint density at radius 1 is 1.13 bits per heavy atom. The first-order chi connectivity index (χ1) is 14.9. The minimum Gasteiger partial charge on any atom is -0.456 e. The number of carbonyl (C=O) groups excluding carboxylic acids is 2. The number of nitrogens with zero attached hydrogens (tertiary/aromatic N) is 3. The van der Waals surface area contributed by atoms with Gasteiger partial charge in [0.2, 0.25) is 5.91 Å². The molecule has 2 aromatic carbocycles. The van der Waals surface area contributed by atoms with E-state index in [0.29, 0.717) is 21.9 Å². The molecule has 1 amide bonds. The van der Waals surface area contributed by atoms with Crippen molar-refractivity contribution in [2.75, 3.05) is 4.90 Å². The summed E-state index contributed by atoms with van der Waals surface area (Å²) >= 11 is 7.03. The maximum atomic E-state index is 14.2. The van der Waals surface area contributed by atoms with Crippen LogP contribution < -0.4 is 4.90 Å². The maximum absolute atomic E-state index is 14.2. The molecular weight excluding hydrogens is 441 g/mol. The van der Waals surface area contributed by atoms with E-state index in [1.54, 1.807) is 47.8 Å². The fourth-order valence-corrected chi connectivity index (χ4v) is 3.97. The molecule has 4 rings (SSSR count). The number of pyridine rings is 1. The lowest BCUT2D eigenvalue weighted by molar-refractivity contribution is -0.115. The summed E-state index contributed by atoms with van der Waals surface area (Å²) in [7, 11) is 0. The van der Waals surface area contributed by atoms with E-state index in [2.05, 4.69) is 9.97 Å². The lowest BCUT2D eigenvalue weighted by atomic mass is 10.1. The Kier molecular flexibility index (Phi) is 5.92. The SMILES string of the molecule is CC(=O)N(c1nc(COC(=O)c2ccc3nc(Cl)ccc3c2)cs1)c1ccccc1F. The normalized spacial score (nSPS) is 10.8. The highest BCUT2D eigenvalue weighted by molar-refractivity contribution is 7.14. The second kappa shape index (κ2) is 8.79. The zero-order chi connectivity index (χ0) is 22.0. The minimum absolute atomic E-state index is 0.0880. The van der Waals surface area contributed by atoms with E-state index < -0.39 is 11.8 Å². The number of benzene rings is 2. The Morgan fingerprint density at radius 3 is 2.71 bits per heavy atom. The molecule has 0 spiro atoms. The number of halogens is 2. The Bertz CT molecular complexity index is 1290. The van der Waals surface area contributed by atoms with Crippen molar-refractivity contribution in [3.63, 3.8) is 0 Å². The van der Waals surface area contributed by atoms with Gasteiger partial charge in [-0.05, 0) is 42.5 Å². The number of anilines is 2. The molecule has 0 aliphatic carbocycles. The maximum Gasteiger partial charge on any atom is 0.338 e. The molecule has 0 radical (unpaired) electrons.